The molecule has 0 aliphatic carbocycles. The fourth-order valence-electron chi connectivity index (χ4n) is 3.52. The molecule has 1 aromatic carbocycles. The summed E-state index contributed by atoms with van der Waals surface area (Å²) in [5.41, 5.74) is 6.65. The first kappa shape index (κ1) is 18.9. The third-order valence-electron chi connectivity index (χ3n) is 4.97. The van der Waals surface area contributed by atoms with E-state index in [2.05, 4.69) is 10.3 Å². The summed E-state index contributed by atoms with van der Waals surface area (Å²) in [6.07, 6.45) is 1.41. The molecule has 1 amide bonds. The summed E-state index contributed by atoms with van der Waals surface area (Å²) in [6.45, 7) is 0.284. The second kappa shape index (κ2) is 7.17. The largest absolute Gasteiger partial charge is 0.505 e. The van der Waals surface area contributed by atoms with E-state index in [4.69, 9.17) is 10.5 Å². The van der Waals surface area contributed by atoms with Crippen LogP contribution in [0.3, 0.4) is 0 Å². The minimum atomic E-state index is -0.701. The minimum absolute atomic E-state index is 0.0940. The molecule has 1 aliphatic rings. The number of benzene rings is 1. The predicted molar refractivity (Wildman–Crippen MR) is 104 cm³/mol. The highest BCUT2D eigenvalue weighted by molar-refractivity contribution is 6.02. The van der Waals surface area contributed by atoms with Gasteiger partial charge in [-0.3, -0.25) is 19.1 Å². The second-order valence-corrected chi connectivity index (χ2v) is 6.81. The van der Waals surface area contributed by atoms with Crippen molar-refractivity contribution < 1.29 is 19.0 Å². The summed E-state index contributed by atoms with van der Waals surface area (Å²) < 4.78 is 20.6. The zero-order chi connectivity index (χ0) is 20.7. The van der Waals surface area contributed by atoms with Gasteiger partial charge in [-0.2, -0.15) is 0 Å². The van der Waals surface area contributed by atoms with Gasteiger partial charge in [-0.1, -0.05) is 12.1 Å². The van der Waals surface area contributed by atoms with Gasteiger partial charge >= 0.3 is 0 Å². The predicted octanol–water partition coefficient (Wildman–Crippen LogP) is 0.911. The van der Waals surface area contributed by atoms with Crippen molar-refractivity contribution >= 4 is 16.9 Å². The van der Waals surface area contributed by atoms with Crippen molar-refractivity contribution in [3.63, 3.8) is 0 Å². The highest BCUT2D eigenvalue weighted by atomic mass is 19.1. The van der Waals surface area contributed by atoms with Crippen LogP contribution >= 0.6 is 0 Å². The number of amides is 1. The van der Waals surface area contributed by atoms with E-state index in [0.29, 0.717) is 23.3 Å². The van der Waals surface area contributed by atoms with E-state index in [1.54, 1.807) is 12.1 Å². The summed E-state index contributed by atoms with van der Waals surface area (Å²) in [5, 5.41) is 12.9. The zero-order valence-electron chi connectivity index (χ0n) is 15.6. The van der Waals surface area contributed by atoms with Crippen molar-refractivity contribution in [3.8, 4) is 11.5 Å². The molecule has 0 unspecified atom stereocenters. The topological polar surface area (TPSA) is 119 Å². The standard InChI is InChI=1S/C20H19FN4O4/c1-23-19(27)14-17(26)15-16-18(29-13(7-22)9-25(16)20(14)28)11(8-24-15)6-10-2-4-12(21)5-3-10/h2-5,8,13,26H,6-7,9,22H2,1H3,(H,23,27)/t13-/m1/s1. The molecule has 9 heteroatoms. The van der Waals surface area contributed by atoms with Crippen LogP contribution < -0.4 is 21.3 Å². The lowest BCUT2D eigenvalue weighted by atomic mass is 10.0. The first-order valence-electron chi connectivity index (χ1n) is 9.05. The van der Waals surface area contributed by atoms with Crippen molar-refractivity contribution in [2.24, 2.45) is 5.73 Å². The monoisotopic (exact) mass is 398 g/mol. The van der Waals surface area contributed by atoms with Crippen LogP contribution in [0.1, 0.15) is 21.5 Å². The minimum Gasteiger partial charge on any atom is -0.505 e. The third-order valence-corrected chi connectivity index (χ3v) is 4.97. The molecule has 4 rings (SSSR count). The maximum atomic E-state index is 13.2. The SMILES string of the molecule is CNC(=O)c1c(O)c2ncc(Cc3ccc(F)cc3)c3c2n(c1=O)C[C@@H](CN)O3. The highest BCUT2D eigenvalue weighted by Crippen LogP contribution is 2.37. The number of nitrogens with one attached hydrogen (secondary N) is 1. The number of pyridine rings is 2. The van der Waals surface area contributed by atoms with E-state index in [9.17, 15) is 19.1 Å². The van der Waals surface area contributed by atoms with Gasteiger partial charge in [-0.15, -0.1) is 0 Å². The molecule has 3 aromatic rings. The number of rotatable bonds is 4. The molecular weight excluding hydrogens is 379 g/mol. The lowest BCUT2D eigenvalue weighted by molar-refractivity contribution is 0.0957. The summed E-state index contributed by atoms with van der Waals surface area (Å²) in [5.74, 6) is -1.17. The van der Waals surface area contributed by atoms with E-state index in [1.807, 2.05) is 0 Å². The second-order valence-electron chi connectivity index (χ2n) is 6.81. The van der Waals surface area contributed by atoms with Crippen molar-refractivity contribution in [1.82, 2.24) is 14.9 Å². The molecule has 1 atom stereocenters. The maximum absolute atomic E-state index is 13.2. The number of aromatic hydroxyl groups is 1. The Morgan fingerprint density at radius 1 is 1.41 bits per heavy atom. The Kier molecular flexibility index (Phi) is 4.67. The number of nitrogens with zero attached hydrogens (tertiary/aromatic N) is 2. The Morgan fingerprint density at radius 3 is 2.79 bits per heavy atom. The van der Waals surface area contributed by atoms with Crippen molar-refractivity contribution in [2.45, 2.75) is 19.1 Å². The average molecular weight is 398 g/mol. The first-order chi connectivity index (χ1) is 13.9. The summed E-state index contributed by atoms with van der Waals surface area (Å²) in [6, 6.07) is 6.01. The van der Waals surface area contributed by atoms with Gasteiger partial charge < -0.3 is 20.9 Å². The number of carbonyl (C=O) groups excluding carboxylic acids is 1. The van der Waals surface area contributed by atoms with Crippen LogP contribution in [-0.2, 0) is 13.0 Å². The van der Waals surface area contributed by atoms with Gasteiger partial charge in [0.05, 0.1) is 6.54 Å². The van der Waals surface area contributed by atoms with Gasteiger partial charge in [-0.05, 0) is 17.7 Å². The van der Waals surface area contributed by atoms with Gasteiger partial charge in [0, 0.05) is 31.8 Å². The highest BCUT2D eigenvalue weighted by Gasteiger charge is 2.30. The lowest BCUT2D eigenvalue weighted by Gasteiger charge is -2.29. The van der Waals surface area contributed by atoms with Crippen molar-refractivity contribution in [1.29, 1.82) is 0 Å². The summed E-state index contributed by atoms with van der Waals surface area (Å²) >= 11 is 0. The summed E-state index contributed by atoms with van der Waals surface area (Å²) in [4.78, 5) is 29.4. The number of hydrogen-bond donors (Lipinski definition) is 3. The van der Waals surface area contributed by atoms with E-state index < -0.39 is 23.3 Å². The molecule has 0 fully saturated rings. The Morgan fingerprint density at radius 2 is 2.14 bits per heavy atom. The number of ether oxygens (including phenoxy) is 1. The van der Waals surface area contributed by atoms with E-state index in [0.717, 1.165) is 5.56 Å². The van der Waals surface area contributed by atoms with Crippen LogP contribution in [0.15, 0.2) is 35.3 Å². The molecule has 1 aliphatic heterocycles. The molecule has 0 radical (unpaired) electrons. The van der Waals surface area contributed by atoms with Crippen LogP contribution in [0.25, 0.3) is 11.0 Å². The number of aromatic nitrogens is 2. The number of carbonyl (C=O) groups is 1. The Labute approximate surface area is 164 Å². The van der Waals surface area contributed by atoms with Crippen LogP contribution in [0.5, 0.6) is 11.5 Å². The van der Waals surface area contributed by atoms with Gasteiger partial charge in [0.2, 0.25) is 0 Å². The maximum Gasteiger partial charge on any atom is 0.268 e. The smallest absolute Gasteiger partial charge is 0.268 e. The van der Waals surface area contributed by atoms with E-state index >= 15 is 0 Å². The average Bonchev–Trinajstić information content (AvgIpc) is 2.73. The Hall–Kier alpha value is -3.46. The molecular formula is C20H19FN4O4. The molecule has 0 saturated carbocycles. The van der Waals surface area contributed by atoms with Crippen LogP contribution in [0, 0.1) is 5.82 Å². The Balaban J connectivity index is 1.96. The molecule has 0 bridgehead atoms. The Bertz CT molecular complexity index is 1170. The lowest BCUT2D eigenvalue weighted by Crippen LogP contribution is -2.41. The van der Waals surface area contributed by atoms with Crippen molar-refractivity contribution in [3.05, 3.63) is 63.3 Å². The fourth-order valence-corrected chi connectivity index (χ4v) is 3.52. The van der Waals surface area contributed by atoms with Gasteiger partial charge in [0.15, 0.2) is 11.5 Å². The third kappa shape index (κ3) is 3.09. The molecule has 8 nitrogen and oxygen atoms in total. The van der Waals surface area contributed by atoms with Gasteiger partial charge in [-0.25, -0.2) is 4.39 Å². The zero-order valence-corrected chi connectivity index (χ0v) is 15.6. The molecule has 2 aromatic heterocycles. The fraction of sp³-hybridized carbons (Fsp3) is 0.250. The van der Waals surface area contributed by atoms with Crippen LogP contribution in [0.4, 0.5) is 4.39 Å². The van der Waals surface area contributed by atoms with Crippen molar-refractivity contribution in [2.75, 3.05) is 13.6 Å². The van der Waals surface area contributed by atoms with E-state index in [1.165, 1.54) is 29.9 Å². The number of nitrogens with two attached hydrogens (primary N) is 1. The normalized spacial score (nSPS) is 15.2. The molecule has 3 heterocycles. The quantitative estimate of drug-likeness (QED) is 0.601. The van der Waals surface area contributed by atoms with E-state index in [-0.39, 0.29) is 30.0 Å². The summed E-state index contributed by atoms with van der Waals surface area (Å²) in [7, 11) is 1.37. The van der Waals surface area contributed by atoms with Gasteiger partial charge in [0.1, 0.15) is 28.5 Å². The molecule has 0 saturated heterocycles. The molecule has 150 valence electrons. The van der Waals surface area contributed by atoms with Gasteiger partial charge in [0.25, 0.3) is 11.5 Å². The number of halogens is 1. The van der Waals surface area contributed by atoms with Crippen LogP contribution in [-0.4, -0.2) is 40.3 Å². The molecule has 4 N–H and O–H groups in total. The number of hydrogen-bond acceptors (Lipinski definition) is 6. The molecule has 0 spiro atoms. The molecule has 29 heavy (non-hydrogen) atoms. The van der Waals surface area contributed by atoms with Crippen LogP contribution in [0.2, 0.25) is 0 Å². The first-order valence-corrected chi connectivity index (χ1v) is 9.05.